The first-order chi connectivity index (χ1) is 6.91. The Morgan fingerprint density at radius 2 is 1.80 bits per heavy atom. The number of nitrogens with one attached hydrogen (secondary N) is 1. The Morgan fingerprint density at radius 3 is 2.13 bits per heavy atom. The van der Waals surface area contributed by atoms with Crippen LogP contribution in [-0.2, 0) is 0 Å². The molecule has 0 bridgehead atoms. The maximum absolute atomic E-state index is 10.7. The molecule has 0 unspecified atom stereocenters. The SMILES string of the molecule is CC(C)Nc1c(N)cc(C(=O)O)cc1N. The lowest BCUT2D eigenvalue weighted by atomic mass is 10.1. The van der Waals surface area contributed by atoms with E-state index in [-0.39, 0.29) is 11.6 Å². The molecule has 0 heterocycles. The van der Waals surface area contributed by atoms with E-state index in [2.05, 4.69) is 5.32 Å². The van der Waals surface area contributed by atoms with E-state index in [0.29, 0.717) is 17.1 Å². The summed E-state index contributed by atoms with van der Waals surface area (Å²) >= 11 is 0. The average Bonchev–Trinajstić information content (AvgIpc) is 2.10. The van der Waals surface area contributed by atoms with E-state index in [1.807, 2.05) is 13.8 Å². The summed E-state index contributed by atoms with van der Waals surface area (Å²) in [6.45, 7) is 3.90. The average molecular weight is 209 g/mol. The fourth-order valence-corrected chi connectivity index (χ4v) is 1.27. The maximum Gasteiger partial charge on any atom is 0.335 e. The fraction of sp³-hybridized carbons (Fsp3) is 0.300. The predicted molar refractivity (Wildman–Crippen MR) is 61.0 cm³/mol. The molecule has 0 amide bonds. The monoisotopic (exact) mass is 209 g/mol. The number of carbonyl (C=O) groups is 1. The lowest BCUT2D eigenvalue weighted by Crippen LogP contribution is -2.14. The molecule has 0 saturated carbocycles. The van der Waals surface area contributed by atoms with Crippen LogP contribution in [0.5, 0.6) is 0 Å². The molecule has 0 fully saturated rings. The van der Waals surface area contributed by atoms with Gasteiger partial charge in [-0.3, -0.25) is 0 Å². The van der Waals surface area contributed by atoms with Crippen LogP contribution in [0.4, 0.5) is 17.1 Å². The van der Waals surface area contributed by atoms with E-state index in [1.54, 1.807) is 0 Å². The number of carboxylic acid groups (broad SMARTS) is 1. The molecule has 5 nitrogen and oxygen atoms in total. The van der Waals surface area contributed by atoms with Crippen molar-refractivity contribution in [1.29, 1.82) is 0 Å². The third kappa shape index (κ3) is 2.52. The lowest BCUT2D eigenvalue weighted by molar-refractivity contribution is 0.0697. The molecule has 15 heavy (non-hydrogen) atoms. The van der Waals surface area contributed by atoms with Crippen molar-refractivity contribution in [3.63, 3.8) is 0 Å². The molecule has 5 heteroatoms. The Hall–Kier alpha value is -1.91. The molecule has 0 atom stereocenters. The first-order valence-corrected chi connectivity index (χ1v) is 4.60. The zero-order chi connectivity index (χ0) is 11.6. The molecule has 0 radical (unpaired) electrons. The second kappa shape index (κ2) is 4.08. The Labute approximate surface area is 88.1 Å². The van der Waals surface area contributed by atoms with Gasteiger partial charge in [0, 0.05) is 6.04 Å². The number of rotatable bonds is 3. The zero-order valence-corrected chi connectivity index (χ0v) is 8.74. The minimum absolute atomic E-state index is 0.0966. The highest BCUT2D eigenvalue weighted by Crippen LogP contribution is 2.28. The topological polar surface area (TPSA) is 101 Å². The highest BCUT2D eigenvalue weighted by atomic mass is 16.4. The molecule has 0 aromatic heterocycles. The molecular formula is C10H15N3O2. The normalized spacial score (nSPS) is 10.3. The smallest absolute Gasteiger partial charge is 0.335 e. The van der Waals surface area contributed by atoms with Crippen LogP contribution in [-0.4, -0.2) is 17.1 Å². The van der Waals surface area contributed by atoms with Crippen molar-refractivity contribution >= 4 is 23.0 Å². The fourth-order valence-electron chi connectivity index (χ4n) is 1.27. The molecule has 1 aromatic rings. The number of hydrogen-bond donors (Lipinski definition) is 4. The number of anilines is 3. The molecule has 0 aliphatic carbocycles. The van der Waals surface area contributed by atoms with Crippen LogP contribution in [0.1, 0.15) is 24.2 Å². The number of carboxylic acids is 1. The summed E-state index contributed by atoms with van der Waals surface area (Å²) in [4.78, 5) is 10.7. The van der Waals surface area contributed by atoms with Gasteiger partial charge >= 0.3 is 5.97 Å². The predicted octanol–water partition coefficient (Wildman–Crippen LogP) is 1.37. The first-order valence-electron chi connectivity index (χ1n) is 4.60. The molecule has 1 aromatic carbocycles. The van der Waals surface area contributed by atoms with Gasteiger partial charge in [0.15, 0.2) is 0 Å². The summed E-state index contributed by atoms with van der Waals surface area (Å²) < 4.78 is 0. The van der Waals surface area contributed by atoms with Crippen LogP contribution in [0.3, 0.4) is 0 Å². The van der Waals surface area contributed by atoms with Crippen molar-refractivity contribution < 1.29 is 9.90 Å². The highest BCUT2D eigenvalue weighted by Gasteiger charge is 2.11. The Bertz CT molecular complexity index is 365. The Morgan fingerprint density at radius 1 is 1.33 bits per heavy atom. The van der Waals surface area contributed by atoms with Gasteiger partial charge in [0.1, 0.15) is 0 Å². The van der Waals surface area contributed by atoms with E-state index in [4.69, 9.17) is 16.6 Å². The quantitative estimate of drug-likeness (QED) is 0.563. The third-order valence-electron chi connectivity index (χ3n) is 1.88. The molecule has 82 valence electrons. The number of nitrogens with two attached hydrogens (primary N) is 2. The van der Waals surface area contributed by atoms with Gasteiger partial charge in [-0.2, -0.15) is 0 Å². The molecule has 0 aliphatic heterocycles. The third-order valence-corrected chi connectivity index (χ3v) is 1.88. The summed E-state index contributed by atoms with van der Waals surface area (Å²) in [5, 5.41) is 11.8. The van der Waals surface area contributed by atoms with Crippen LogP contribution in [0.25, 0.3) is 0 Å². The van der Waals surface area contributed by atoms with Gasteiger partial charge in [0.25, 0.3) is 0 Å². The molecule has 1 rings (SSSR count). The number of aromatic carboxylic acids is 1. The molecule has 6 N–H and O–H groups in total. The highest BCUT2D eigenvalue weighted by molar-refractivity contribution is 5.94. The van der Waals surface area contributed by atoms with E-state index in [0.717, 1.165) is 0 Å². The number of hydrogen-bond acceptors (Lipinski definition) is 4. The summed E-state index contributed by atoms with van der Waals surface area (Å²) in [6, 6.07) is 2.97. The van der Waals surface area contributed by atoms with Crippen LogP contribution >= 0.6 is 0 Å². The zero-order valence-electron chi connectivity index (χ0n) is 8.74. The second-order valence-corrected chi connectivity index (χ2v) is 3.63. The maximum atomic E-state index is 10.7. The van der Waals surface area contributed by atoms with E-state index in [1.165, 1.54) is 12.1 Å². The largest absolute Gasteiger partial charge is 0.478 e. The minimum Gasteiger partial charge on any atom is -0.478 e. The van der Waals surface area contributed by atoms with Crippen LogP contribution < -0.4 is 16.8 Å². The molecular weight excluding hydrogens is 194 g/mol. The van der Waals surface area contributed by atoms with Crippen LogP contribution in [0.2, 0.25) is 0 Å². The summed E-state index contributed by atoms with van der Waals surface area (Å²) in [5.41, 5.74) is 12.8. The van der Waals surface area contributed by atoms with E-state index in [9.17, 15) is 4.79 Å². The van der Waals surface area contributed by atoms with Crippen molar-refractivity contribution in [2.24, 2.45) is 0 Å². The van der Waals surface area contributed by atoms with E-state index < -0.39 is 5.97 Å². The number of benzene rings is 1. The minimum atomic E-state index is -1.04. The summed E-state index contributed by atoms with van der Waals surface area (Å²) in [5.74, 6) is -1.04. The van der Waals surface area contributed by atoms with Gasteiger partial charge in [0.05, 0.1) is 22.6 Å². The Kier molecular flexibility index (Phi) is 3.04. The van der Waals surface area contributed by atoms with Crippen molar-refractivity contribution in [3.8, 4) is 0 Å². The standard InChI is InChI=1S/C10H15N3O2/c1-5(2)13-9-7(11)3-6(10(14)15)4-8(9)12/h3-5,13H,11-12H2,1-2H3,(H,14,15). The van der Waals surface area contributed by atoms with Crippen molar-refractivity contribution in [2.45, 2.75) is 19.9 Å². The molecule has 0 aliphatic rings. The van der Waals surface area contributed by atoms with Crippen molar-refractivity contribution in [1.82, 2.24) is 0 Å². The second-order valence-electron chi connectivity index (χ2n) is 3.63. The van der Waals surface area contributed by atoms with Crippen LogP contribution in [0.15, 0.2) is 12.1 Å². The van der Waals surface area contributed by atoms with Crippen LogP contribution in [0, 0.1) is 0 Å². The number of nitrogen functional groups attached to an aromatic ring is 2. The Balaban J connectivity index is 3.15. The molecule has 0 saturated heterocycles. The summed E-state index contributed by atoms with van der Waals surface area (Å²) in [6.07, 6.45) is 0. The van der Waals surface area contributed by atoms with Crippen molar-refractivity contribution in [3.05, 3.63) is 17.7 Å². The lowest BCUT2D eigenvalue weighted by Gasteiger charge is -2.15. The molecule has 0 spiro atoms. The van der Waals surface area contributed by atoms with E-state index >= 15 is 0 Å². The van der Waals surface area contributed by atoms with Gasteiger partial charge in [-0.1, -0.05) is 0 Å². The van der Waals surface area contributed by atoms with Gasteiger partial charge in [0.2, 0.25) is 0 Å². The van der Waals surface area contributed by atoms with Gasteiger partial charge < -0.3 is 21.9 Å². The van der Waals surface area contributed by atoms with Gasteiger partial charge in [-0.25, -0.2) is 4.79 Å². The first kappa shape index (κ1) is 11.2. The van der Waals surface area contributed by atoms with Crippen molar-refractivity contribution in [2.75, 3.05) is 16.8 Å². The van der Waals surface area contributed by atoms with Gasteiger partial charge in [-0.05, 0) is 26.0 Å². The van der Waals surface area contributed by atoms with Gasteiger partial charge in [-0.15, -0.1) is 0 Å². The summed E-state index contributed by atoms with van der Waals surface area (Å²) in [7, 11) is 0.